The van der Waals surface area contributed by atoms with Crippen molar-refractivity contribution >= 4 is 5.91 Å². The van der Waals surface area contributed by atoms with Crippen LogP contribution in [-0.2, 0) is 11.2 Å². The van der Waals surface area contributed by atoms with Crippen molar-refractivity contribution in [3.63, 3.8) is 0 Å². The molecule has 0 spiro atoms. The first kappa shape index (κ1) is 16.8. The highest BCUT2D eigenvalue weighted by Crippen LogP contribution is 2.08. The largest absolute Gasteiger partial charge is 0.341 e. The first-order valence-corrected chi connectivity index (χ1v) is 8.32. The van der Waals surface area contributed by atoms with Crippen LogP contribution < -0.4 is 0 Å². The van der Waals surface area contributed by atoms with E-state index in [9.17, 15) is 4.79 Å². The first-order chi connectivity index (χ1) is 10.6. The zero-order valence-electron chi connectivity index (χ0n) is 13.9. The van der Waals surface area contributed by atoms with Gasteiger partial charge in [0.25, 0.3) is 0 Å². The lowest BCUT2D eigenvalue weighted by Gasteiger charge is -2.21. The molecule has 0 radical (unpaired) electrons. The van der Waals surface area contributed by atoms with E-state index >= 15 is 0 Å². The molecule has 2 rings (SSSR count). The summed E-state index contributed by atoms with van der Waals surface area (Å²) in [5.74, 6) is 0.299. The molecular weight excluding hydrogens is 272 g/mol. The number of allylic oxidation sites excluding steroid dienone is 1. The van der Waals surface area contributed by atoms with Gasteiger partial charge >= 0.3 is 0 Å². The molecular formula is C19H28N2O. The van der Waals surface area contributed by atoms with Crippen molar-refractivity contribution in [3.8, 4) is 0 Å². The van der Waals surface area contributed by atoms with Gasteiger partial charge in [0.15, 0.2) is 0 Å². The lowest BCUT2D eigenvalue weighted by molar-refractivity contribution is -0.131. The summed E-state index contributed by atoms with van der Waals surface area (Å²) in [4.78, 5) is 16.9. The van der Waals surface area contributed by atoms with Gasteiger partial charge in [0, 0.05) is 39.1 Å². The summed E-state index contributed by atoms with van der Waals surface area (Å²) in [7, 11) is 0. The lowest BCUT2D eigenvalue weighted by atomic mass is 10.1. The number of hydrogen-bond acceptors (Lipinski definition) is 2. The van der Waals surface area contributed by atoms with Gasteiger partial charge in [-0.3, -0.25) is 9.69 Å². The number of benzene rings is 1. The fraction of sp³-hybridized carbons (Fsp3) is 0.526. The van der Waals surface area contributed by atoms with Crippen LogP contribution in [0.5, 0.6) is 0 Å². The Morgan fingerprint density at radius 1 is 1.09 bits per heavy atom. The zero-order valence-corrected chi connectivity index (χ0v) is 13.9. The molecule has 1 aromatic carbocycles. The van der Waals surface area contributed by atoms with Gasteiger partial charge in [-0.15, -0.1) is 0 Å². The molecule has 0 aliphatic carbocycles. The Balaban J connectivity index is 1.78. The van der Waals surface area contributed by atoms with Crippen molar-refractivity contribution in [3.05, 3.63) is 47.5 Å². The summed E-state index contributed by atoms with van der Waals surface area (Å²) in [6, 6.07) is 10.3. The molecule has 1 fully saturated rings. The van der Waals surface area contributed by atoms with Crippen LogP contribution in [0.1, 0.15) is 32.3 Å². The van der Waals surface area contributed by atoms with Crippen LogP contribution in [0, 0.1) is 0 Å². The molecule has 0 bridgehead atoms. The Labute approximate surface area is 134 Å². The van der Waals surface area contributed by atoms with Crippen LogP contribution in [0.4, 0.5) is 0 Å². The molecule has 22 heavy (non-hydrogen) atoms. The number of hydrogen-bond donors (Lipinski definition) is 0. The summed E-state index contributed by atoms with van der Waals surface area (Å²) < 4.78 is 0. The quantitative estimate of drug-likeness (QED) is 0.780. The Hall–Kier alpha value is -1.61. The van der Waals surface area contributed by atoms with Gasteiger partial charge in [-0.1, -0.05) is 42.0 Å². The van der Waals surface area contributed by atoms with Crippen molar-refractivity contribution in [1.29, 1.82) is 0 Å². The Kier molecular flexibility index (Phi) is 6.66. The normalized spacial score (nSPS) is 16.2. The van der Waals surface area contributed by atoms with E-state index in [1.165, 1.54) is 11.1 Å². The lowest BCUT2D eigenvalue weighted by Crippen LogP contribution is -2.35. The summed E-state index contributed by atoms with van der Waals surface area (Å²) >= 11 is 0. The van der Waals surface area contributed by atoms with Crippen LogP contribution >= 0.6 is 0 Å². The molecule has 0 N–H and O–H groups in total. The van der Waals surface area contributed by atoms with E-state index < -0.39 is 0 Å². The second-order valence-electron chi connectivity index (χ2n) is 6.30. The van der Waals surface area contributed by atoms with Gasteiger partial charge in [-0.05, 0) is 32.3 Å². The monoisotopic (exact) mass is 300 g/mol. The molecule has 3 nitrogen and oxygen atoms in total. The predicted octanol–water partition coefficient (Wildman–Crippen LogP) is 3.12. The van der Waals surface area contributed by atoms with E-state index in [2.05, 4.69) is 37.0 Å². The zero-order chi connectivity index (χ0) is 15.8. The minimum Gasteiger partial charge on any atom is -0.341 e. The third kappa shape index (κ3) is 5.64. The second-order valence-corrected chi connectivity index (χ2v) is 6.30. The third-order valence-electron chi connectivity index (χ3n) is 4.17. The average Bonchev–Trinajstić information content (AvgIpc) is 2.77. The molecule has 3 heteroatoms. The predicted molar refractivity (Wildman–Crippen MR) is 91.8 cm³/mol. The number of aryl methyl sites for hydroxylation is 1. The van der Waals surface area contributed by atoms with E-state index in [0.29, 0.717) is 12.3 Å². The second kappa shape index (κ2) is 8.74. The summed E-state index contributed by atoms with van der Waals surface area (Å²) in [6.45, 7) is 9.12. The van der Waals surface area contributed by atoms with Crippen LogP contribution in [0.25, 0.3) is 0 Å². The van der Waals surface area contributed by atoms with Crippen molar-refractivity contribution in [2.45, 2.75) is 33.1 Å². The number of carbonyl (C=O) groups is 1. The van der Waals surface area contributed by atoms with Gasteiger partial charge in [0.05, 0.1) is 0 Å². The van der Waals surface area contributed by atoms with Crippen LogP contribution in [0.3, 0.4) is 0 Å². The number of rotatable bonds is 5. The molecule has 120 valence electrons. The maximum absolute atomic E-state index is 12.4. The molecule has 0 aromatic heterocycles. The maximum Gasteiger partial charge on any atom is 0.222 e. The highest BCUT2D eigenvalue weighted by Gasteiger charge is 2.18. The molecule has 0 unspecified atom stereocenters. The SMILES string of the molecule is CC(C)=CCN1CCCN(C(=O)CCc2ccccc2)CC1. The van der Waals surface area contributed by atoms with Gasteiger partial charge in [0.1, 0.15) is 0 Å². The summed E-state index contributed by atoms with van der Waals surface area (Å²) in [5.41, 5.74) is 2.61. The van der Waals surface area contributed by atoms with Gasteiger partial charge in [0.2, 0.25) is 5.91 Å². The molecule has 1 heterocycles. The highest BCUT2D eigenvalue weighted by atomic mass is 16.2. The Morgan fingerprint density at radius 2 is 1.86 bits per heavy atom. The number of nitrogens with zero attached hydrogens (tertiary/aromatic N) is 2. The standard InChI is InChI=1S/C19H28N2O/c1-17(2)11-14-20-12-6-13-21(16-15-20)19(22)10-9-18-7-4-3-5-8-18/h3-5,7-8,11H,6,9-10,12-16H2,1-2H3. The van der Waals surface area contributed by atoms with Gasteiger partial charge in [-0.2, -0.15) is 0 Å². The molecule has 0 saturated carbocycles. The summed E-state index contributed by atoms with van der Waals surface area (Å²) in [5, 5.41) is 0. The molecule has 1 aliphatic rings. The minimum atomic E-state index is 0.299. The van der Waals surface area contributed by atoms with Crippen molar-refractivity contribution in [2.75, 3.05) is 32.7 Å². The topological polar surface area (TPSA) is 23.6 Å². The van der Waals surface area contributed by atoms with Crippen LogP contribution in [0.2, 0.25) is 0 Å². The van der Waals surface area contributed by atoms with Gasteiger partial charge < -0.3 is 4.90 Å². The van der Waals surface area contributed by atoms with E-state index in [-0.39, 0.29) is 0 Å². The molecule has 1 aromatic rings. The molecule has 0 atom stereocenters. The van der Waals surface area contributed by atoms with Crippen molar-refractivity contribution in [2.24, 2.45) is 0 Å². The molecule has 1 aliphatic heterocycles. The highest BCUT2D eigenvalue weighted by molar-refractivity contribution is 5.76. The smallest absolute Gasteiger partial charge is 0.222 e. The Morgan fingerprint density at radius 3 is 2.59 bits per heavy atom. The van der Waals surface area contributed by atoms with Gasteiger partial charge in [-0.25, -0.2) is 0 Å². The van der Waals surface area contributed by atoms with Crippen LogP contribution in [0.15, 0.2) is 42.0 Å². The van der Waals surface area contributed by atoms with E-state index in [1.807, 2.05) is 23.1 Å². The van der Waals surface area contributed by atoms with E-state index in [1.54, 1.807) is 0 Å². The Bertz CT molecular complexity index is 491. The van der Waals surface area contributed by atoms with Crippen LogP contribution in [-0.4, -0.2) is 48.4 Å². The number of amides is 1. The van der Waals surface area contributed by atoms with E-state index in [4.69, 9.17) is 0 Å². The first-order valence-electron chi connectivity index (χ1n) is 8.32. The maximum atomic E-state index is 12.4. The average molecular weight is 300 g/mol. The fourth-order valence-corrected chi connectivity index (χ4v) is 2.77. The van der Waals surface area contributed by atoms with Crippen molar-refractivity contribution in [1.82, 2.24) is 9.80 Å². The third-order valence-corrected chi connectivity index (χ3v) is 4.17. The fourth-order valence-electron chi connectivity index (χ4n) is 2.77. The van der Waals surface area contributed by atoms with E-state index in [0.717, 1.165) is 45.6 Å². The summed E-state index contributed by atoms with van der Waals surface area (Å²) in [6.07, 6.45) is 4.82. The molecule has 1 amide bonds. The number of carbonyl (C=O) groups excluding carboxylic acids is 1. The van der Waals surface area contributed by atoms with Crippen molar-refractivity contribution < 1.29 is 4.79 Å². The minimum absolute atomic E-state index is 0.299. The molecule has 1 saturated heterocycles.